The highest BCUT2D eigenvalue weighted by Gasteiger charge is 2.42. The molecule has 1 aliphatic heterocycles. The normalized spacial score (nSPS) is 18.0. The third-order valence-electron chi connectivity index (χ3n) is 5.11. The maximum Gasteiger partial charge on any atom is 0.251 e. The number of carbonyl (C=O) groups excluding carboxylic acids is 1. The van der Waals surface area contributed by atoms with Crippen LogP contribution in [0.25, 0.3) is 0 Å². The molecule has 1 amide bonds. The molecule has 7 heteroatoms. The molecule has 0 saturated heterocycles. The van der Waals surface area contributed by atoms with Crippen molar-refractivity contribution >= 4 is 17.3 Å². The molecular formula is C21H22F2N2O3. The molecule has 1 spiro atoms. The van der Waals surface area contributed by atoms with E-state index in [9.17, 15) is 13.6 Å². The lowest BCUT2D eigenvalue weighted by molar-refractivity contribution is -0.116. The van der Waals surface area contributed by atoms with Crippen molar-refractivity contribution in [2.45, 2.75) is 50.9 Å². The molecule has 148 valence electrons. The quantitative estimate of drug-likeness (QED) is 0.787. The maximum absolute atomic E-state index is 13.3. The van der Waals surface area contributed by atoms with Crippen LogP contribution in [0.15, 0.2) is 36.4 Å². The van der Waals surface area contributed by atoms with E-state index < -0.39 is 23.5 Å². The standard InChI is InChI=1S/C21H22F2N2O3/c1-13(20(26)25-14-5-7-16(22)17(23)11-14)24-15-6-8-18-19(12-15)28-21(27-18)9-3-2-4-10-21/h5-8,11-13,24H,2-4,9-10H2,1H3,(H,25,26). The molecule has 0 radical (unpaired) electrons. The molecule has 1 aliphatic carbocycles. The Morgan fingerprint density at radius 1 is 0.964 bits per heavy atom. The van der Waals surface area contributed by atoms with Crippen LogP contribution in [0, 0.1) is 11.6 Å². The number of hydrogen-bond donors (Lipinski definition) is 2. The Labute approximate surface area is 162 Å². The molecule has 1 unspecified atom stereocenters. The summed E-state index contributed by atoms with van der Waals surface area (Å²) >= 11 is 0. The van der Waals surface area contributed by atoms with Crippen LogP contribution in [-0.2, 0) is 4.79 Å². The van der Waals surface area contributed by atoms with Gasteiger partial charge in [-0.15, -0.1) is 0 Å². The number of amides is 1. The second kappa shape index (κ2) is 7.30. The number of hydrogen-bond acceptors (Lipinski definition) is 4. The molecule has 2 aliphatic rings. The summed E-state index contributed by atoms with van der Waals surface area (Å²) in [6.07, 6.45) is 5.11. The van der Waals surface area contributed by atoms with Crippen molar-refractivity contribution < 1.29 is 23.0 Å². The molecule has 0 aromatic heterocycles. The van der Waals surface area contributed by atoms with Gasteiger partial charge in [-0.25, -0.2) is 8.78 Å². The first-order valence-corrected chi connectivity index (χ1v) is 9.49. The van der Waals surface area contributed by atoms with E-state index >= 15 is 0 Å². The Balaban J connectivity index is 1.40. The summed E-state index contributed by atoms with van der Waals surface area (Å²) in [5.74, 6) is -1.50. The highest BCUT2D eigenvalue weighted by Crippen LogP contribution is 2.46. The largest absolute Gasteiger partial charge is 0.448 e. The fourth-order valence-corrected chi connectivity index (χ4v) is 3.62. The van der Waals surface area contributed by atoms with E-state index in [-0.39, 0.29) is 11.6 Å². The topological polar surface area (TPSA) is 59.6 Å². The van der Waals surface area contributed by atoms with Crippen molar-refractivity contribution in [2.24, 2.45) is 0 Å². The average molecular weight is 388 g/mol. The molecule has 1 atom stereocenters. The van der Waals surface area contributed by atoms with Gasteiger partial charge in [0.15, 0.2) is 23.1 Å². The van der Waals surface area contributed by atoms with Crippen molar-refractivity contribution in [3.63, 3.8) is 0 Å². The fourth-order valence-electron chi connectivity index (χ4n) is 3.62. The van der Waals surface area contributed by atoms with Gasteiger partial charge in [-0.05, 0) is 44.0 Å². The van der Waals surface area contributed by atoms with Gasteiger partial charge in [0, 0.05) is 36.3 Å². The molecule has 28 heavy (non-hydrogen) atoms. The highest BCUT2D eigenvalue weighted by molar-refractivity contribution is 5.96. The van der Waals surface area contributed by atoms with E-state index in [0.29, 0.717) is 17.2 Å². The highest BCUT2D eigenvalue weighted by atomic mass is 19.2. The van der Waals surface area contributed by atoms with E-state index in [2.05, 4.69) is 10.6 Å². The Hall–Kier alpha value is -2.83. The van der Waals surface area contributed by atoms with Crippen LogP contribution in [0.3, 0.4) is 0 Å². The van der Waals surface area contributed by atoms with Crippen molar-refractivity contribution in [2.75, 3.05) is 10.6 Å². The van der Waals surface area contributed by atoms with Crippen LogP contribution in [0.4, 0.5) is 20.2 Å². The molecule has 1 fully saturated rings. The average Bonchev–Trinajstić information content (AvgIpc) is 3.01. The van der Waals surface area contributed by atoms with E-state index in [1.165, 1.54) is 12.5 Å². The van der Waals surface area contributed by atoms with E-state index in [4.69, 9.17) is 9.47 Å². The molecule has 1 saturated carbocycles. The summed E-state index contributed by atoms with van der Waals surface area (Å²) < 4.78 is 38.4. The first-order chi connectivity index (χ1) is 13.4. The van der Waals surface area contributed by atoms with Crippen LogP contribution < -0.4 is 20.1 Å². The summed E-state index contributed by atoms with van der Waals surface area (Å²) in [6, 6.07) is 8.11. The third kappa shape index (κ3) is 3.74. The molecule has 0 bridgehead atoms. The van der Waals surface area contributed by atoms with Gasteiger partial charge in [0.2, 0.25) is 5.91 Å². The predicted octanol–water partition coefficient (Wildman–Crippen LogP) is 4.84. The minimum Gasteiger partial charge on any atom is -0.448 e. The SMILES string of the molecule is CC(Nc1ccc2c(c1)OC1(CCCCC1)O2)C(=O)Nc1ccc(F)c(F)c1. The van der Waals surface area contributed by atoms with Crippen LogP contribution in [0.2, 0.25) is 0 Å². The minimum absolute atomic E-state index is 0.197. The van der Waals surface area contributed by atoms with E-state index in [1.54, 1.807) is 6.92 Å². The Morgan fingerprint density at radius 2 is 1.68 bits per heavy atom. The van der Waals surface area contributed by atoms with Gasteiger partial charge in [-0.2, -0.15) is 0 Å². The number of fused-ring (bicyclic) bond motifs is 1. The number of ether oxygens (including phenoxy) is 2. The molecule has 2 aromatic rings. The smallest absolute Gasteiger partial charge is 0.251 e. The molecular weight excluding hydrogens is 366 g/mol. The maximum atomic E-state index is 13.3. The van der Waals surface area contributed by atoms with E-state index in [1.807, 2.05) is 18.2 Å². The van der Waals surface area contributed by atoms with Crippen LogP contribution in [0.1, 0.15) is 39.0 Å². The van der Waals surface area contributed by atoms with Gasteiger partial charge < -0.3 is 20.1 Å². The van der Waals surface area contributed by atoms with Gasteiger partial charge in [0.1, 0.15) is 6.04 Å². The lowest BCUT2D eigenvalue weighted by Gasteiger charge is -2.31. The third-order valence-corrected chi connectivity index (χ3v) is 5.11. The van der Waals surface area contributed by atoms with Gasteiger partial charge in [-0.1, -0.05) is 6.42 Å². The summed E-state index contributed by atoms with van der Waals surface area (Å²) in [5.41, 5.74) is 0.908. The van der Waals surface area contributed by atoms with Crippen molar-refractivity contribution in [1.82, 2.24) is 0 Å². The van der Waals surface area contributed by atoms with Gasteiger partial charge >= 0.3 is 0 Å². The Morgan fingerprint density at radius 3 is 2.43 bits per heavy atom. The molecule has 2 N–H and O–H groups in total. The molecule has 2 aromatic carbocycles. The number of anilines is 2. The number of rotatable bonds is 4. The zero-order chi connectivity index (χ0) is 19.7. The van der Waals surface area contributed by atoms with E-state index in [0.717, 1.165) is 37.8 Å². The van der Waals surface area contributed by atoms with Gasteiger partial charge in [-0.3, -0.25) is 4.79 Å². The summed E-state index contributed by atoms with van der Waals surface area (Å²) in [4.78, 5) is 12.3. The lowest BCUT2D eigenvalue weighted by Crippen LogP contribution is -2.40. The van der Waals surface area contributed by atoms with Crippen LogP contribution in [0.5, 0.6) is 11.5 Å². The van der Waals surface area contributed by atoms with Crippen molar-refractivity contribution in [1.29, 1.82) is 0 Å². The van der Waals surface area contributed by atoms with Crippen molar-refractivity contribution in [3.05, 3.63) is 48.0 Å². The van der Waals surface area contributed by atoms with Crippen LogP contribution >= 0.6 is 0 Å². The first kappa shape index (κ1) is 18.5. The Bertz CT molecular complexity index is 897. The molecule has 5 nitrogen and oxygen atoms in total. The van der Waals surface area contributed by atoms with Gasteiger partial charge in [0.05, 0.1) is 0 Å². The van der Waals surface area contributed by atoms with Gasteiger partial charge in [0.25, 0.3) is 5.79 Å². The second-order valence-corrected chi connectivity index (χ2v) is 7.32. The summed E-state index contributed by atoms with van der Waals surface area (Å²) in [7, 11) is 0. The molecule has 4 rings (SSSR count). The van der Waals surface area contributed by atoms with Crippen molar-refractivity contribution in [3.8, 4) is 11.5 Å². The fraction of sp³-hybridized carbons (Fsp3) is 0.381. The molecule has 1 heterocycles. The number of benzene rings is 2. The number of carbonyl (C=O) groups is 1. The first-order valence-electron chi connectivity index (χ1n) is 9.49. The summed E-state index contributed by atoms with van der Waals surface area (Å²) in [6.45, 7) is 1.68. The lowest BCUT2D eigenvalue weighted by atomic mass is 9.94. The zero-order valence-electron chi connectivity index (χ0n) is 15.6. The Kier molecular flexibility index (Phi) is 4.83. The monoisotopic (exact) mass is 388 g/mol. The predicted molar refractivity (Wildman–Crippen MR) is 102 cm³/mol. The zero-order valence-corrected chi connectivity index (χ0v) is 15.6. The number of nitrogens with one attached hydrogen (secondary N) is 2. The summed E-state index contributed by atoms with van der Waals surface area (Å²) in [5, 5.41) is 5.66. The minimum atomic E-state index is -1.01. The van der Waals surface area contributed by atoms with Crippen LogP contribution in [-0.4, -0.2) is 17.7 Å². The number of halogens is 2. The second-order valence-electron chi connectivity index (χ2n) is 7.32.